The molecule has 0 bridgehead atoms. The maximum Gasteiger partial charge on any atom is 0.338 e. The van der Waals surface area contributed by atoms with Crippen molar-refractivity contribution in [2.45, 2.75) is 26.7 Å². The molecule has 2 aromatic carbocycles. The third-order valence-electron chi connectivity index (χ3n) is 4.16. The van der Waals surface area contributed by atoms with Gasteiger partial charge in [-0.3, -0.25) is 4.79 Å². The maximum absolute atomic E-state index is 12.3. The van der Waals surface area contributed by atoms with Crippen LogP contribution in [0.15, 0.2) is 41.9 Å². The number of rotatable bonds is 6. The Bertz CT molecular complexity index is 927. The van der Waals surface area contributed by atoms with Crippen LogP contribution in [-0.4, -0.2) is 23.5 Å². The number of aromatic nitrogens is 1. The lowest BCUT2D eigenvalue weighted by molar-refractivity contribution is -0.119. The number of amides is 1. The zero-order chi connectivity index (χ0) is 18.5. The second kappa shape index (κ2) is 8.10. The van der Waals surface area contributed by atoms with E-state index in [2.05, 4.69) is 10.3 Å². The molecular weight excluding hydrogens is 348 g/mol. The Morgan fingerprint density at radius 3 is 2.54 bits per heavy atom. The van der Waals surface area contributed by atoms with Crippen molar-refractivity contribution in [2.75, 3.05) is 11.9 Å². The van der Waals surface area contributed by atoms with Crippen LogP contribution in [0.5, 0.6) is 0 Å². The van der Waals surface area contributed by atoms with Crippen LogP contribution in [0.2, 0.25) is 0 Å². The highest BCUT2D eigenvalue weighted by atomic mass is 32.1. The molecule has 0 atom stereocenters. The van der Waals surface area contributed by atoms with Crippen molar-refractivity contribution in [2.24, 2.45) is 0 Å². The lowest BCUT2D eigenvalue weighted by Crippen LogP contribution is -2.22. The van der Waals surface area contributed by atoms with Crippen molar-refractivity contribution in [3.8, 4) is 0 Å². The summed E-state index contributed by atoms with van der Waals surface area (Å²) in [5.41, 5.74) is 5.94. The van der Waals surface area contributed by atoms with Crippen molar-refractivity contribution in [3.63, 3.8) is 0 Å². The zero-order valence-electron chi connectivity index (χ0n) is 14.7. The van der Waals surface area contributed by atoms with Gasteiger partial charge in [-0.2, -0.15) is 0 Å². The number of carbonyl (C=O) groups excluding carboxylic acids is 2. The van der Waals surface area contributed by atoms with E-state index in [0.717, 1.165) is 39.9 Å². The third kappa shape index (κ3) is 3.91. The normalized spacial score (nSPS) is 10.7. The van der Waals surface area contributed by atoms with Gasteiger partial charge in [0.1, 0.15) is 0 Å². The first-order valence-electron chi connectivity index (χ1n) is 8.53. The third-order valence-corrected chi connectivity index (χ3v) is 4.96. The monoisotopic (exact) mass is 368 g/mol. The highest BCUT2D eigenvalue weighted by molar-refractivity contribution is 7.16. The number of thiazole rings is 1. The van der Waals surface area contributed by atoms with E-state index in [9.17, 15) is 9.59 Å². The molecule has 5 nitrogen and oxygen atoms in total. The van der Waals surface area contributed by atoms with E-state index >= 15 is 0 Å². The van der Waals surface area contributed by atoms with Crippen LogP contribution in [-0.2, 0) is 22.4 Å². The van der Waals surface area contributed by atoms with Crippen molar-refractivity contribution in [3.05, 3.63) is 58.6 Å². The van der Waals surface area contributed by atoms with Gasteiger partial charge in [-0.1, -0.05) is 32.0 Å². The second-order valence-electron chi connectivity index (χ2n) is 5.82. The number of nitrogens with one attached hydrogen (secondary N) is 1. The van der Waals surface area contributed by atoms with Gasteiger partial charge in [0.25, 0.3) is 5.91 Å². The highest BCUT2D eigenvalue weighted by Gasteiger charge is 2.14. The second-order valence-corrected chi connectivity index (χ2v) is 6.70. The minimum Gasteiger partial charge on any atom is -0.452 e. The van der Waals surface area contributed by atoms with Gasteiger partial charge in [-0.05, 0) is 42.2 Å². The van der Waals surface area contributed by atoms with E-state index in [1.807, 2.05) is 32.0 Å². The van der Waals surface area contributed by atoms with Crippen molar-refractivity contribution >= 4 is 39.1 Å². The van der Waals surface area contributed by atoms with Crippen molar-refractivity contribution in [1.82, 2.24) is 4.98 Å². The minimum atomic E-state index is -0.519. The van der Waals surface area contributed by atoms with Crippen LogP contribution in [0.4, 0.5) is 5.69 Å². The van der Waals surface area contributed by atoms with Gasteiger partial charge in [0.2, 0.25) is 0 Å². The number of nitrogens with zero attached hydrogens (tertiary/aromatic N) is 1. The molecule has 0 fully saturated rings. The standard InChI is InChI=1S/C20H20N2O3S/c1-3-13-6-5-7-14(4-2)19(13)22-18(23)11-25-20(24)15-8-9-16-17(10-15)26-12-21-16/h5-10,12H,3-4,11H2,1-2H3,(H,22,23). The summed E-state index contributed by atoms with van der Waals surface area (Å²) in [5.74, 6) is -0.859. The van der Waals surface area contributed by atoms with Crippen LogP contribution < -0.4 is 5.32 Å². The Labute approximate surface area is 156 Å². The first-order chi connectivity index (χ1) is 12.6. The lowest BCUT2D eigenvalue weighted by atomic mass is 10.0. The summed E-state index contributed by atoms with van der Waals surface area (Å²) in [6.45, 7) is 3.76. The number of ether oxygens (including phenoxy) is 1. The van der Waals surface area contributed by atoms with Crippen LogP contribution in [0.1, 0.15) is 35.3 Å². The Morgan fingerprint density at radius 1 is 1.12 bits per heavy atom. The van der Waals surface area contributed by atoms with Crippen LogP contribution in [0, 0.1) is 0 Å². The maximum atomic E-state index is 12.3. The molecule has 0 aliphatic rings. The van der Waals surface area contributed by atoms with Crippen LogP contribution >= 0.6 is 11.3 Å². The molecule has 0 aliphatic heterocycles. The van der Waals surface area contributed by atoms with Crippen LogP contribution in [0.25, 0.3) is 10.2 Å². The molecule has 0 radical (unpaired) electrons. The Hall–Kier alpha value is -2.73. The molecule has 1 heterocycles. The quantitative estimate of drug-likeness (QED) is 0.662. The molecule has 6 heteroatoms. The summed E-state index contributed by atoms with van der Waals surface area (Å²) in [4.78, 5) is 28.6. The number of fused-ring (bicyclic) bond motifs is 1. The molecule has 3 rings (SSSR count). The van der Waals surface area contributed by atoms with Gasteiger partial charge in [0.15, 0.2) is 6.61 Å². The number of hydrogen-bond donors (Lipinski definition) is 1. The Balaban J connectivity index is 1.64. The smallest absolute Gasteiger partial charge is 0.338 e. The summed E-state index contributed by atoms with van der Waals surface area (Å²) in [6, 6.07) is 11.1. The molecule has 3 aromatic rings. The molecule has 0 saturated heterocycles. The van der Waals surface area contributed by atoms with Gasteiger partial charge >= 0.3 is 5.97 Å². The van der Waals surface area contributed by atoms with Gasteiger partial charge in [-0.25, -0.2) is 9.78 Å². The lowest BCUT2D eigenvalue weighted by Gasteiger charge is -2.14. The molecule has 0 spiro atoms. The van der Waals surface area contributed by atoms with Crippen LogP contribution in [0.3, 0.4) is 0 Å². The Kier molecular flexibility index (Phi) is 5.63. The van der Waals surface area contributed by atoms with Gasteiger partial charge in [0, 0.05) is 5.69 Å². The topological polar surface area (TPSA) is 68.3 Å². The first kappa shape index (κ1) is 18.1. The number of carbonyl (C=O) groups is 2. The largest absolute Gasteiger partial charge is 0.452 e. The average molecular weight is 368 g/mol. The number of esters is 1. The fourth-order valence-corrected chi connectivity index (χ4v) is 3.49. The number of para-hydroxylation sites is 1. The van der Waals surface area contributed by atoms with Crippen molar-refractivity contribution < 1.29 is 14.3 Å². The van der Waals surface area contributed by atoms with E-state index in [1.54, 1.807) is 23.7 Å². The predicted octanol–water partition coefficient (Wildman–Crippen LogP) is 4.22. The predicted molar refractivity (Wildman–Crippen MR) is 104 cm³/mol. The number of hydrogen-bond acceptors (Lipinski definition) is 5. The molecule has 0 unspecified atom stereocenters. The molecule has 26 heavy (non-hydrogen) atoms. The van der Waals surface area contributed by atoms with Gasteiger partial charge in [0.05, 0.1) is 21.3 Å². The minimum absolute atomic E-state index is 0.319. The molecule has 0 aliphatic carbocycles. The molecule has 1 aromatic heterocycles. The molecule has 1 N–H and O–H groups in total. The SMILES string of the molecule is CCc1cccc(CC)c1NC(=O)COC(=O)c1ccc2ncsc2c1. The van der Waals surface area contributed by atoms with E-state index in [4.69, 9.17) is 4.74 Å². The molecule has 1 amide bonds. The van der Waals surface area contributed by atoms with Gasteiger partial charge < -0.3 is 10.1 Å². The van der Waals surface area contributed by atoms with E-state index in [-0.39, 0.29) is 12.5 Å². The Morgan fingerprint density at radius 2 is 1.85 bits per heavy atom. The summed E-state index contributed by atoms with van der Waals surface area (Å²) in [5, 5.41) is 2.89. The molecule has 0 saturated carbocycles. The fraction of sp³-hybridized carbons (Fsp3) is 0.250. The average Bonchev–Trinajstić information content (AvgIpc) is 3.14. The highest BCUT2D eigenvalue weighted by Crippen LogP contribution is 2.23. The number of benzene rings is 2. The zero-order valence-corrected chi connectivity index (χ0v) is 15.6. The van der Waals surface area contributed by atoms with Gasteiger partial charge in [-0.15, -0.1) is 11.3 Å². The first-order valence-corrected chi connectivity index (χ1v) is 9.41. The van der Waals surface area contributed by atoms with E-state index < -0.39 is 5.97 Å². The summed E-state index contributed by atoms with van der Waals surface area (Å²) < 4.78 is 6.08. The van der Waals surface area contributed by atoms with E-state index in [0.29, 0.717) is 5.56 Å². The summed E-state index contributed by atoms with van der Waals surface area (Å²) >= 11 is 1.46. The van der Waals surface area contributed by atoms with E-state index in [1.165, 1.54) is 11.3 Å². The molecular formula is C20H20N2O3S. The fourth-order valence-electron chi connectivity index (χ4n) is 2.78. The number of aryl methyl sites for hydroxylation is 2. The summed E-state index contributed by atoms with van der Waals surface area (Å²) in [7, 11) is 0. The molecule has 134 valence electrons. The summed E-state index contributed by atoms with van der Waals surface area (Å²) in [6.07, 6.45) is 1.64. The van der Waals surface area contributed by atoms with Crippen molar-refractivity contribution in [1.29, 1.82) is 0 Å². The number of anilines is 1.